The monoisotopic (exact) mass is 392 g/mol. The quantitative estimate of drug-likeness (QED) is 0.171. The molecule has 0 saturated carbocycles. The van der Waals surface area contributed by atoms with Crippen LogP contribution in [-0.4, -0.2) is 35.5 Å². The maximum Gasteiger partial charge on any atom is 0.303 e. The van der Waals surface area contributed by atoms with Crippen molar-refractivity contribution in [3.63, 3.8) is 0 Å². The van der Waals surface area contributed by atoms with Crippen LogP contribution in [0.5, 0.6) is 0 Å². The molecule has 28 heavy (non-hydrogen) atoms. The Kier molecular flexibility index (Phi) is 11.5. The molecule has 0 amide bonds. The van der Waals surface area contributed by atoms with Gasteiger partial charge in [0.05, 0.1) is 24.4 Å². The van der Waals surface area contributed by atoms with Crippen molar-refractivity contribution in [2.24, 2.45) is 0 Å². The third-order valence-electron chi connectivity index (χ3n) is 5.67. The van der Waals surface area contributed by atoms with Gasteiger partial charge in [-0.2, -0.15) is 0 Å². The van der Waals surface area contributed by atoms with Crippen LogP contribution in [0.25, 0.3) is 0 Å². The first-order valence-corrected chi connectivity index (χ1v) is 11.5. The summed E-state index contributed by atoms with van der Waals surface area (Å²) in [6.45, 7) is 2.27. The minimum atomic E-state index is -0.716. The third kappa shape index (κ3) is 11.0. The summed E-state index contributed by atoms with van der Waals surface area (Å²) < 4.78 is 11.5. The van der Waals surface area contributed by atoms with Crippen molar-refractivity contribution in [3.8, 4) is 0 Å². The van der Waals surface area contributed by atoms with Crippen molar-refractivity contribution in [1.29, 1.82) is 0 Å². The molecule has 0 bridgehead atoms. The molecule has 2 rings (SSSR count). The van der Waals surface area contributed by atoms with E-state index in [9.17, 15) is 4.79 Å². The number of allylic oxidation sites excluding steroid dienone is 1. The lowest BCUT2D eigenvalue weighted by molar-refractivity contribution is -0.137. The molecule has 4 unspecified atom stereocenters. The smallest absolute Gasteiger partial charge is 0.303 e. The van der Waals surface area contributed by atoms with Gasteiger partial charge in [-0.25, -0.2) is 0 Å². The Balaban J connectivity index is 1.37. The number of carbonyl (C=O) groups is 1. The van der Waals surface area contributed by atoms with Crippen molar-refractivity contribution < 1.29 is 19.4 Å². The third-order valence-corrected chi connectivity index (χ3v) is 5.67. The van der Waals surface area contributed by atoms with E-state index in [0.717, 1.165) is 25.7 Å². The Morgan fingerprint density at radius 3 is 1.93 bits per heavy atom. The molecule has 160 valence electrons. The van der Waals surface area contributed by atoms with Gasteiger partial charge in [-0.05, 0) is 38.5 Å². The van der Waals surface area contributed by atoms with E-state index in [2.05, 4.69) is 31.2 Å². The highest BCUT2D eigenvalue weighted by molar-refractivity contribution is 5.66. The molecule has 0 spiro atoms. The van der Waals surface area contributed by atoms with E-state index in [0.29, 0.717) is 30.8 Å². The Morgan fingerprint density at radius 1 is 0.750 bits per heavy atom. The highest BCUT2D eigenvalue weighted by Crippen LogP contribution is 2.32. The predicted molar refractivity (Wildman–Crippen MR) is 114 cm³/mol. The first-order valence-electron chi connectivity index (χ1n) is 11.5. The van der Waals surface area contributed by atoms with Crippen LogP contribution in [0.3, 0.4) is 0 Å². The number of carboxylic acid groups (broad SMARTS) is 1. The molecule has 0 aromatic heterocycles. The summed E-state index contributed by atoms with van der Waals surface area (Å²) in [6.07, 6.45) is 26.0. The van der Waals surface area contributed by atoms with E-state index in [1.807, 2.05) is 0 Å². The first kappa shape index (κ1) is 23.2. The van der Waals surface area contributed by atoms with Gasteiger partial charge in [0.15, 0.2) is 0 Å². The van der Waals surface area contributed by atoms with Gasteiger partial charge in [-0.15, -0.1) is 0 Å². The fourth-order valence-electron chi connectivity index (χ4n) is 3.72. The predicted octanol–water partition coefficient (Wildman–Crippen LogP) is 6.20. The first-order chi connectivity index (χ1) is 13.7. The van der Waals surface area contributed by atoms with Gasteiger partial charge in [-0.1, -0.05) is 76.2 Å². The van der Waals surface area contributed by atoms with Crippen LogP contribution >= 0.6 is 0 Å². The Labute approximate surface area is 171 Å². The van der Waals surface area contributed by atoms with E-state index >= 15 is 0 Å². The van der Waals surface area contributed by atoms with Gasteiger partial charge in [-0.3, -0.25) is 4.79 Å². The molecule has 0 aromatic carbocycles. The van der Waals surface area contributed by atoms with E-state index in [4.69, 9.17) is 14.6 Å². The molecule has 0 aromatic rings. The highest BCUT2D eigenvalue weighted by atomic mass is 16.6. The lowest BCUT2D eigenvalue weighted by Crippen LogP contribution is -1.94. The van der Waals surface area contributed by atoms with Crippen LogP contribution in [0.4, 0.5) is 0 Å². The maximum atomic E-state index is 10.4. The largest absolute Gasteiger partial charge is 0.481 e. The second-order valence-corrected chi connectivity index (χ2v) is 8.27. The zero-order chi connectivity index (χ0) is 20.0. The summed E-state index contributed by atoms with van der Waals surface area (Å²) in [5.74, 6) is -0.716. The molecule has 4 heteroatoms. The van der Waals surface area contributed by atoms with Crippen LogP contribution in [-0.2, 0) is 14.3 Å². The van der Waals surface area contributed by atoms with E-state index in [1.54, 1.807) is 0 Å². The molecular formula is C24H40O4. The highest BCUT2D eigenvalue weighted by Gasteiger charge is 2.37. The molecule has 2 fully saturated rings. The summed E-state index contributed by atoms with van der Waals surface area (Å²) >= 11 is 0. The Morgan fingerprint density at radius 2 is 1.29 bits per heavy atom. The van der Waals surface area contributed by atoms with Crippen molar-refractivity contribution >= 4 is 5.97 Å². The lowest BCUT2D eigenvalue weighted by atomic mass is 10.1. The van der Waals surface area contributed by atoms with Gasteiger partial charge in [0.1, 0.15) is 0 Å². The molecule has 4 nitrogen and oxygen atoms in total. The number of rotatable bonds is 18. The van der Waals surface area contributed by atoms with Crippen molar-refractivity contribution in [3.05, 3.63) is 24.3 Å². The van der Waals surface area contributed by atoms with E-state index < -0.39 is 5.97 Å². The number of epoxide rings is 2. The number of unbranched alkanes of at least 4 members (excludes halogenated alkanes) is 7. The van der Waals surface area contributed by atoms with Crippen molar-refractivity contribution in [2.45, 2.75) is 121 Å². The molecular weight excluding hydrogens is 352 g/mol. The summed E-state index contributed by atoms with van der Waals surface area (Å²) in [5, 5.41) is 8.58. The lowest BCUT2D eigenvalue weighted by Gasteiger charge is -1.99. The summed E-state index contributed by atoms with van der Waals surface area (Å²) in [7, 11) is 0. The van der Waals surface area contributed by atoms with Gasteiger partial charge < -0.3 is 14.6 Å². The SMILES string of the molecule is CCCCCCCCCC1OC1C/C=C/CC1OC1C/C=C/CCCC(=O)O. The van der Waals surface area contributed by atoms with Gasteiger partial charge in [0.2, 0.25) is 0 Å². The molecule has 0 radical (unpaired) electrons. The normalized spacial score (nSPS) is 26.3. The average Bonchev–Trinajstić information content (AvgIpc) is 3.58. The van der Waals surface area contributed by atoms with Crippen molar-refractivity contribution in [1.82, 2.24) is 0 Å². The number of hydrogen-bond acceptors (Lipinski definition) is 3. The molecule has 0 aliphatic carbocycles. The number of aliphatic carboxylic acids is 1. The Hall–Kier alpha value is -1.13. The van der Waals surface area contributed by atoms with E-state index in [1.165, 1.54) is 51.4 Å². The maximum absolute atomic E-state index is 10.4. The summed E-state index contributed by atoms with van der Waals surface area (Å²) in [4.78, 5) is 10.4. The number of carboxylic acids is 1. The second kappa shape index (κ2) is 13.9. The zero-order valence-corrected chi connectivity index (χ0v) is 17.7. The number of ether oxygens (including phenoxy) is 2. The molecule has 2 aliphatic heterocycles. The van der Waals surface area contributed by atoms with Gasteiger partial charge >= 0.3 is 5.97 Å². The molecule has 2 heterocycles. The second-order valence-electron chi connectivity index (χ2n) is 8.27. The van der Waals surface area contributed by atoms with Crippen molar-refractivity contribution in [2.75, 3.05) is 0 Å². The Bertz CT molecular complexity index is 485. The molecule has 4 atom stereocenters. The minimum Gasteiger partial charge on any atom is -0.481 e. The van der Waals surface area contributed by atoms with Crippen LogP contribution in [0, 0.1) is 0 Å². The van der Waals surface area contributed by atoms with Crippen LogP contribution < -0.4 is 0 Å². The summed E-state index contributed by atoms with van der Waals surface area (Å²) in [6, 6.07) is 0. The average molecular weight is 393 g/mol. The molecule has 2 saturated heterocycles. The molecule has 1 N–H and O–H groups in total. The number of hydrogen-bond donors (Lipinski definition) is 1. The van der Waals surface area contributed by atoms with Crippen LogP contribution in [0.1, 0.15) is 96.8 Å². The zero-order valence-electron chi connectivity index (χ0n) is 17.7. The summed E-state index contributed by atoms with van der Waals surface area (Å²) in [5.41, 5.74) is 0. The fraction of sp³-hybridized carbons (Fsp3) is 0.792. The van der Waals surface area contributed by atoms with Crippen LogP contribution in [0.15, 0.2) is 24.3 Å². The van der Waals surface area contributed by atoms with Gasteiger partial charge in [0, 0.05) is 6.42 Å². The van der Waals surface area contributed by atoms with E-state index in [-0.39, 0.29) is 6.42 Å². The van der Waals surface area contributed by atoms with Gasteiger partial charge in [0.25, 0.3) is 0 Å². The topological polar surface area (TPSA) is 62.4 Å². The standard InChI is InChI=1S/C24H40O4/c1-2-3-4-5-6-7-10-15-20-22(27-20)17-13-14-18-23-21(28-23)16-11-8-9-12-19-24(25)26/h8,11,13-14,20-23H,2-7,9-10,12,15-19H2,1H3,(H,25,26)/b11-8+,14-13+. The molecule has 2 aliphatic rings. The minimum absolute atomic E-state index is 0.252. The fourth-order valence-corrected chi connectivity index (χ4v) is 3.72. The van der Waals surface area contributed by atoms with Crippen LogP contribution in [0.2, 0.25) is 0 Å².